The molecule has 0 heterocycles. The van der Waals surface area contributed by atoms with Gasteiger partial charge in [-0.15, -0.1) is 0 Å². The average molecular weight is 998 g/mol. The normalized spacial score (nSPS) is 12.2. The van der Waals surface area contributed by atoms with Crippen molar-refractivity contribution in [2.75, 3.05) is 13.2 Å². The Morgan fingerprint density at radius 3 is 0.732 bits per heavy atom. The number of carbonyl (C=O) groups is 3. The van der Waals surface area contributed by atoms with Crippen LogP contribution in [-0.4, -0.2) is 37.2 Å². The van der Waals surface area contributed by atoms with Crippen LogP contribution in [0, 0.1) is 0 Å². The van der Waals surface area contributed by atoms with Crippen molar-refractivity contribution in [1.29, 1.82) is 0 Å². The third-order valence-corrected chi connectivity index (χ3v) is 14.1. The molecule has 0 aliphatic rings. The van der Waals surface area contributed by atoms with Crippen LogP contribution in [0.25, 0.3) is 0 Å². The molecule has 1 unspecified atom stereocenters. The summed E-state index contributed by atoms with van der Waals surface area (Å²) in [5.41, 5.74) is 0. The van der Waals surface area contributed by atoms with Crippen molar-refractivity contribution in [3.05, 3.63) is 36.5 Å². The summed E-state index contributed by atoms with van der Waals surface area (Å²) < 4.78 is 16.9. The minimum absolute atomic E-state index is 0.0749. The van der Waals surface area contributed by atoms with Gasteiger partial charge in [-0.25, -0.2) is 0 Å². The Morgan fingerprint density at radius 1 is 0.268 bits per heavy atom. The van der Waals surface area contributed by atoms with Crippen LogP contribution in [0.2, 0.25) is 0 Å². The van der Waals surface area contributed by atoms with Gasteiger partial charge in [0, 0.05) is 19.3 Å². The smallest absolute Gasteiger partial charge is 0.306 e. The van der Waals surface area contributed by atoms with Crippen molar-refractivity contribution in [2.45, 2.75) is 348 Å². The Hall–Kier alpha value is -2.37. The third-order valence-electron chi connectivity index (χ3n) is 14.1. The maximum atomic E-state index is 12.8. The number of esters is 3. The van der Waals surface area contributed by atoms with Crippen molar-refractivity contribution in [3.63, 3.8) is 0 Å². The highest BCUT2D eigenvalue weighted by Crippen LogP contribution is 2.17. The molecule has 0 rings (SSSR count). The number of carbonyl (C=O) groups excluding carboxylic acids is 3. The van der Waals surface area contributed by atoms with Crippen LogP contribution in [0.3, 0.4) is 0 Å². The first-order valence-corrected chi connectivity index (χ1v) is 31.5. The molecule has 0 bridgehead atoms. The van der Waals surface area contributed by atoms with Crippen LogP contribution in [-0.2, 0) is 28.6 Å². The van der Waals surface area contributed by atoms with E-state index >= 15 is 0 Å². The highest BCUT2D eigenvalue weighted by atomic mass is 16.6. The van der Waals surface area contributed by atoms with Gasteiger partial charge in [0.25, 0.3) is 0 Å². The second-order valence-electron chi connectivity index (χ2n) is 21.3. The maximum Gasteiger partial charge on any atom is 0.306 e. The lowest BCUT2D eigenvalue weighted by atomic mass is 10.0. The van der Waals surface area contributed by atoms with Crippen molar-refractivity contribution < 1.29 is 28.6 Å². The first-order chi connectivity index (χ1) is 35.0. The molecule has 1 atom stereocenters. The molecule has 0 aliphatic heterocycles. The van der Waals surface area contributed by atoms with E-state index in [-0.39, 0.29) is 31.1 Å². The fourth-order valence-corrected chi connectivity index (χ4v) is 9.31. The van der Waals surface area contributed by atoms with Crippen LogP contribution in [0.5, 0.6) is 0 Å². The molecule has 416 valence electrons. The van der Waals surface area contributed by atoms with Gasteiger partial charge in [0.2, 0.25) is 0 Å². The summed E-state index contributed by atoms with van der Waals surface area (Å²) >= 11 is 0. The number of ether oxygens (including phenoxy) is 3. The molecular formula is C65H120O6. The molecule has 0 fully saturated rings. The molecule has 0 N–H and O–H groups in total. The standard InChI is InChI=1S/C65H120O6/c1-4-7-10-13-16-19-22-25-27-28-29-30-31-32-33-34-35-36-37-38-39-41-43-46-49-52-55-58-64(67)70-61-62(60-69-63(66)57-54-51-48-45-42-24-21-18-15-12-9-6-3)71-65(68)59-56-53-50-47-44-40-26-23-20-17-14-11-8-5-2/h18,21,23,26,28-29,62H,4-17,19-20,22,24-25,27,30-61H2,1-3H3/b21-18-,26-23-,29-28-. The van der Waals surface area contributed by atoms with Crippen LogP contribution >= 0.6 is 0 Å². The average Bonchev–Trinajstić information content (AvgIpc) is 3.37. The summed E-state index contributed by atoms with van der Waals surface area (Å²) in [5.74, 6) is -0.875. The quantitative estimate of drug-likeness (QED) is 0.0261. The molecule has 0 aromatic rings. The molecule has 71 heavy (non-hydrogen) atoms. The minimum atomic E-state index is -0.777. The lowest BCUT2D eigenvalue weighted by Gasteiger charge is -2.18. The van der Waals surface area contributed by atoms with Crippen molar-refractivity contribution in [1.82, 2.24) is 0 Å². The molecule has 0 saturated carbocycles. The predicted octanol–water partition coefficient (Wildman–Crippen LogP) is 21.2. The number of allylic oxidation sites excluding steroid dienone is 6. The highest BCUT2D eigenvalue weighted by Gasteiger charge is 2.19. The summed E-state index contributed by atoms with van der Waals surface area (Å²) in [6, 6.07) is 0. The van der Waals surface area contributed by atoms with Crippen LogP contribution in [0.15, 0.2) is 36.5 Å². The van der Waals surface area contributed by atoms with E-state index in [9.17, 15) is 14.4 Å². The lowest BCUT2D eigenvalue weighted by Crippen LogP contribution is -2.30. The Labute approximate surface area is 442 Å². The van der Waals surface area contributed by atoms with Gasteiger partial charge in [0.15, 0.2) is 6.10 Å². The Bertz CT molecular complexity index is 1190. The zero-order valence-corrected chi connectivity index (χ0v) is 47.8. The van der Waals surface area contributed by atoms with E-state index in [4.69, 9.17) is 14.2 Å². The zero-order valence-electron chi connectivity index (χ0n) is 47.8. The third kappa shape index (κ3) is 58.4. The van der Waals surface area contributed by atoms with Gasteiger partial charge < -0.3 is 14.2 Å². The van der Waals surface area contributed by atoms with Gasteiger partial charge in [0.1, 0.15) is 13.2 Å². The molecule has 6 nitrogen and oxygen atoms in total. The lowest BCUT2D eigenvalue weighted by molar-refractivity contribution is -0.167. The molecule has 6 heteroatoms. The van der Waals surface area contributed by atoms with E-state index in [0.29, 0.717) is 19.3 Å². The van der Waals surface area contributed by atoms with E-state index in [2.05, 4.69) is 57.2 Å². The second-order valence-corrected chi connectivity index (χ2v) is 21.3. The van der Waals surface area contributed by atoms with E-state index in [1.165, 1.54) is 231 Å². The van der Waals surface area contributed by atoms with Crippen molar-refractivity contribution in [2.24, 2.45) is 0 Å². The summed E-state index contributed by atoms with van der Waals surface area (Å²) in [5, 5.41) is 0. The van der Waals surface area contributed by atoms with Crippen LogP contribution in [0.4, 0.5) is 0 Å². The summed E-state index contributed by atoms with van der Waals surface area (Å²) in [6.07, 6.45) is 73.0. The molecule has 0 saturated heterocycles. The zero-order chi connectivity index (χ0) is 51.4. The first kappa shape index (κ1) is 68.6. The Morgan fingerprint density at radius 2 is 0.465 bits per heavy atom. The molecule has 0 aromatic heterocycles. The number of hydrogen-bond donors (Lipinski definition) is 0. The largest absolute Gasteiger partial charge is 0.462 e. The van der Waals surface area contributed by atoms with E-state index in [0.717, 1.165) is 70.6 Å². The molecular weight excluding hydrogens is 877 g/mol. The van der Waals surface area contributed by atoms with Gasteiger partial charge in [-0.05, 0) is 96.3 Å². The van der Waals surface area contributed by atoms with Gasteiger partial charge in [-0.2, -0.15) is 0 Å². The molecule has 0 aliphatic carbocycles. The SMILES string of the molecule is CCCCC/C=C\CCCCCCCC(=O)OCC(COC(=O)CCCCCCCCCCCCCCCCC/C=C\CCCCCCCCCC)OC(=O)CCCCCCC/C=C\CCCCCCC. The Balaban J connectivity index is 4.17. The molecule has 0 amide bonds. The van der Waals surface area contributed by atoms with Crippen molar-refractivity contribution in [3.8, 4) is 0 Å². The van der Waals surface area contributed by atoms with Crippen LogP contribution < -0.4 is 0 Å². The van der Waals surface area contributed by atoms with E-state index < -0.39 is 6.10 Å². The fourth-order valence-electron chi connectivity index (χ4n) is 9.31. The minimum Gasteiger partial charge on any atom is -0.462 e. The summed E-state index contributed by atoms with van der Waals surface area (Å²) in [7, 11) is 0. The van der Waals surface area contributed by atoms with Crippen molar-refractivity contribution >= 4 is 17.9 Å². The monoisotopic (exact) mass is 997 g/mol. The van der Waals surface area contributed by atoms with Gasteiger partial charge in [-0.1, -0.05) is 263 Å². The molecule has 0 aromatic carbocycles. The molecule has 0 spiro atoms. The number of hydrogen-bond acceptors (Lipinski definition) is 6. The number of rotatable bonds is 58. The van der Waals surface area contributed by atoms with Gasteiger partial charge >= 0.3 is 17.9 Å². The predicted molar refractivity (Wildman–Crippen MR) is 307 cm³/mol. The van der Waals surface area contributed by atoms with E-state index in [1.807, 2.05) is 0 Å². The second kappa shape index (κ2) is 60.2. The highest BCUT2D eigenvalue weighted by molar-refractivity contribution is 5.71. The van der Waals surface area contributed by atoms with Gasteiger partial charge in [0.05, 0.1) is 0 Å². The number of unbranched alkanes of at least 4 members (excludes halogenated alkanes) is 41. The topological polar surface area (TPSA) is 78.9 Å². The Kier molecular flexibility index (Phi) is 58.2. The van der Waals surface area contributed by atoms with E-state index in [1.54, 1.807) is 0 Å². The first-order valence-electron chi connectivity index (χ1n) is 31.5. The fraction of sp³-hybridized carbons (Fsp3) is 0.862. The summed E-state index contributed by atoms with van der Waals surface area (Å²) in [4.78, 5) is 38.2. The van der Waals surface area contributed by atoms with Gasteiger partial charge in [-0.3, -0.25) is 14.4 Å². The molecule has 0 radical (unpaired) electrons. The van der Waals surface area contributed by atoms with Crippen LogP contribution in [0.1, 0.15) is 342 Å². The maximum absolute atomic E-state index is 12.8. The summed E-state index contributed by atoms with van der Waals surface area (Å²) in [6.45, 7) is 6.64.